The number of nitrogens with two attached hydrogens (primary N) is 1. The topological polar surface area (TPSA) is 75.4 Å². The maximum atomic E-state index is 11.9. The molecule has 0 spiro atoms. The van der Waals surface area contributed by atoms with Gasteiger partial charge in [0.25, 0.3) is 10.2 Å². The van der Waals surface area contributed by atoms with Crippen LogP contribution in [0.4, 0.5) is 0 Å². The van der Waals surface area contributed by atoms with Crippen LogP contribution in [0.5, 0.6) is 0 Å². The Balaban J connectivity index is 4.06. The molecular formula is C12H29N3O2S. The molecule has 0 aromatic carbocycles. The van der Waals surface area contributed by atoms with E-state index in [1.54, 1.807) is 7.05 Å². The Morgan fingerprint density at radius 3 is 2.28 bits per heavy atom. The summed E-state index contributed by atoms with van der Waals surface area (Å²) in [5, 5.41) is 0. The van der Waals surface area contributed by atoms with Crippen LogP contribution in [0.15, 0.2) is 0 Å². The highest BCUT2D eigenvalue weighted by molar-refractivity contribution is 7.87. The second-order valence-corrected chi connectivity index (χ2v) is 7.12. The van der Waals surface area contributed by atoms with Crippen molar-refractivity contribution in [1.29, 1.82) is 0 Å². The van der Waals surface area contributed by atoms with Gasteiger partial charge in [-0.25, -0.2) is 0 Å². The lowest BCUT2D eigenvalue weighted by Gasteiger charge is -2.21. The second kappa shape index (κ2) is 8.85. The van der Waals surface area contributed by atoms with E-state index in [1.165, 1.54) is 4.31 Å². The smallest absolute Gasteiger partial charge is 0.279 e. The number of rotatable bonds is 10. The van der Waals surface area contributed by atoms with E-state index in [0.717, 1.165) is 19.3 Å². The largest absolute Gasteiger partial charge is 0.330 e. The number of hydrogen-bond acceptors (Lipinski definition) is 3. The Bertz CT molecular complexity index is 304. The Morgan fingerprint density at radius 2 is 1.78 bits per heavy atom. The highest BCUT2D eigenvalue weighted by Gasteiger charge is 2.19. The van der Waals surface area contributed by atoms with E-state index < -0.39 is 10.2 Å². The first-order valence-corrected chi connectivity index (χ1v) is 8.17. The Morgan fingerprint density at radius 1 is 1.17 bits per heavy atom. The van der Waals surface area contributed by atoms with Gasteiger partial charge in [-0.05, 0) is 32.2 Å². The van der Waals surface area contributed by atoms with Gasteiger partial charge < -0.3 is 5.73 Å². The summed E-state index contributed by atoms with van der Waals surface area (Å²) in [7, 11) is -1.77. The lowest BCUT2D eigenvalue weighted by molar-refractivity contribution is 0.433. The summed E-state index contributed by atoms with van der Waals surface area (Å²) in [6, 6.07) is -0.0194. The van der Waals surface area contributed by atoms with Crippen molar-refractivity contribution in [3.8, 4) is 0 Å². The maximum Gasteiger partial charge on any atom is 0.279 e. The van der Waals surface area contributed by atoms with Gasteiger partial charge in [0, 0.05) is 19.6 Å². The van der Waals surface area contributed by atoms with Crippen molar-refractivity contribution < 1.29 is 8.42 Å². The molecule has 0 aliphatic rings. The van der Waals surface area contributed by atoms with Crippen LogP contribution >= 0.6 is 0 Å². The quantitative estimate of drug-likeness (QED) is 0.633. The first-order chi connectivity index (χ1) is 8.29. The molecule has 0 heterocycles. The van der Waals surface area contributed by atoms with Crippen molar-refractivity contribution in [2.75, 3.05) is 20.1 Å². The van der Waals surface area contributed by atoms with E-state index in [0.29, 0.717) is 25.4 Å². The molecule has 0 aliphatic carbocycles. The summed E-state index contributed by atoms with van der Waals surface area (Å²) in [5.74, 6) is 0.668. The second-order valence-electron chi connectivity index (χ2n) is 5.31. The molecule has 5 nitrogen and oxygen atoms in total. The van der Waals surface area contributed by atoms with Gasteiger partial charge in [0.05, 0.1) is 0 Å². The first kappa shape index (κ1) is 17.8. The molecule has 0 aromatic rings. The van der Waals surface area contributed by atoms with Gasteiger partial charge in [0.1, 0.15) is 0 Å². The molecule has 0 amide bonds. The first-order valence-electron chi connectivity index (χ1n) is 6.73. The van der Waals surface area contributed by atoms with Crippen LogP contribution < -0.4 is 10.5 Å². The molecule has 0 fully saturated rings. The third-order valence-electron chi connectivity index (χ3n) is 2.86. The molecule has 1 unspecified atom stereocenters. The van der Waals surface area contributed by atoms with Crippen molar-refractivity contribution in [2.45, 2.75) is 52.5 Å². The van der Waals surface area contributed by atoms with E-state index in [1.807, 2.05) is 6.92 Å². The molecule has 18 heavy (non-hydrogen) atoms. The third-order valence-corrected chi connectivity index (χ3v) is 4.56. The van der Waals surface area contributed by atoms with Crippen molar-refractivity contribution >= 4 is 10.2 Å². The zero-order chi connectivity index (χ0) is 14.2. The molecule has 3 N–H and O–H groups in total. The van der Waals surface area contributed by atoms with E-state index in [9.17, 15) is 8.42 Å². The van der Waals surface area contributed by atoms with Crippen molar-refractivity contribution in [3.63, 3.8) is 0 Å². The maximum absolute atomic E-state index is 11.9. The lowest BCUT2D eigenvalue weighted by Crippen LogP contribution is -2.43. The van der Waals surface area contributed by atoms with Crippen LogP contribution in [-0.4, -0.2) is 38.9 Å². The molecule has 0 aromatic heterocycles. The van der Waals surface area contributed by atoms with Gasteiger partial charge in [-0.1, -0.05) is 26.7 Å². The lowest BCUT2D eigenvalue weighted by atomic mass is 10.0. The molecule has 110 valence electrons. The van der Waals surface area contributed by atoms with Gasteiger partial charge in [0.2, 0.25) is 0 Å². The number of nitrogens with one attached hydrogen (secondary N) is 1. The average molecular weight is 279 g/mol. The third kappa shape index (κ3) is 8.02. The van der Waals surface area contributed by atoms with Crippen LogP contribution in [0.2, 0.25) is 0 Å². The minimum atomic E-state index is -3.35. The predicted octanol–water partition coefficient (Wildman–Crippen LogP) is 1.32. The van der Waals surface area contributed by atoms with Gasteiger partial charge in [-0.15, -0.1) is 0 Å². The Kier molecular flexibility index (Phi) is 8.77. The van der Waals surface area contributed by atoms with E-state index in [-0.39, 0.29) is 6.04 Å². The summed E-state index contributed by atoms with van der Waals surface area (Å²) in [4.78, 5) is 0. The molecule has 0 bridgehead atoms. The number of hydrogen-bond donors (Lipinski definition) is 2. The highest BCUT2D eigenvalue weighted by Crippen LogP contribution is 2.09. The fraction of sp³-hybridized carbons (Fsp3) is 1.00. The fourth-order valence-corrected chi connectivity index (χ4v) is 2.85. The monoisotopic (exact) mass is 279 g/mol. The van der Waals surface area contributed by atoms with Crippen molar-refractivity contribution in [2.24, 2.45) is 11.7 Å². The van der Waals surface area contributed by atoms with Crippen LogP contribution in [0, 0.1) is 5.92 Å². The normalized spacial score (nSPS) is 14.4. The van der Waals surface area contributed by atoms with Gasteiger partial charge in [-0.3, -0.25) is 0 Å². The van der Waals surface area contributed by atoms with E-state index in [2.05, 4.69) is 18.6 Å². The molecular weight excluding hydrogens is 250 g/mol. The molecule has 1 atom stereocenters. The molecule has 6 heteroatoms. The fourth-order valence-electron chi connectivity index (χ4n) is 1.67. The van der Waals surface area contributed by atoms with Crippen molar-refractivity contribution in [1.82, 2.24) is 9.03 Å². The minimum absolute atomic E-state index is 0.0194. The van der Waals surface area contributed by atoms with Crippen LogP contribution in [-0.2, 0) is 10.2 Å². The van der Waals surface area contributed by atoms with Crippen molar-refractivity contribution in [3.05, 3.63) is 0 Å². The van der Waals surface area contributed by atoms with Gasteiger partial charge in [0.15, 0.2) is 0 Å². The minimum Gasteiger partial charge on any atom is -0.330 e. The predicted molar refractivity (Wildman–Crippen MR) is 76.5 cm³/mol. The molecule has 0 saturated heterocycles. The SMILES string of the molecule is CC(C)CCCC(C)NS(=O)(=O)N(C)CCCN. The Labute approximate surface area is 112 Å². The van der Waals surface area contributed by atoms with Crippen LogP contribution in [0.25, 0.3) is 0 Å². The molecule has 0 aliphatic heterocycles. The summed E-state index contributed by atoms with van der Waals surface area (Å²) in [6.45, 7) is 7.23. The molecule has 0 radical (unpaired) electrons. The zero-order valence-electron chi connectivity index (χ0n) is 12.1. The summed E-state index contributed by atoms with van der Waals surface area (Å²) in [6.07, 6.45) is 3.74. The average Bonchev–Trinajstić information content (AvgIpc) is 2.24. The van der Waals surface area contributed by atoms with Crippen LogP contribution in [0.1, 0.15) is 46.5 Å². The molecule has 0 saturated carbocycles. The Hall–Kier alpha value is -0.170. The summed E-state index contributed by atoms with van der Waals surface area (Å²) in [5.41, 5.74) is 5.37. The van der Waals surface area contributed by atoms with Gasteiger partial charge in [-0.2, -0.15) is 17.4 Å². The van der Waals surface area contributed by atoms with Crippen LogP contribution in [0.3, 0.4) is 0 Å². The van der Waals surface area contributed by atoms with E-state index in [4.69, 9.17) is 5.73 Å². The molecule has 0 rings (SSSR count). The number of nitrogens with zero attached hydrogens (tertiary/aromatic N) is 1. The standard InChI is InChI=1S/C12H29N3O2S/c1-11(2)7-5-8-12(3)14-18(16,17)15(4)10-6-9-13/h11-12,14H,5-10,13H2,1-4H3. The highest BCUT2D eigenvalue weighted by atomic mass is 32.2. The van der Waals surface area contributed by atoms with E-state index >= 15 is 0 Å². The zero-order valence-corrected chi connectivity index (χ0v) is 13.0. The summed E-state index contributed by atoms with van der Waals surface area (Å²) < 4.78 is 27.9. The summed E-state index contributed by atoms with van der Waals surface area (Å²) >= 11 is 0. The van der Waals surface area contributed by atoms with Gasteiger partial charge >= 0.3 is 0 Å².